The van der Waals surface area contributed by atoms with Gasteiger partial charge in [0.25, 0.3) is 0 Å². The average Bonchev–Trinajstić information content (AvgIpc) is 2.68. The Morgan fingerprint density at radius 1 is 0.567 bits per heavy atom. The summed E-state index contributed by atoms with van der Waals surface area (Å²) in [5, 5.41) is 0.919. The lowest BCUT2D eigenvalue weighted by molar-refractivity contribution is 0.511. The van der Waals surface area contributed by atoms with E-state index in [4.69, 9.17) is 0 Å². The molecule has 0 spiro atoms. The van der Waals surface area contributed by atoms with Crippen molar-refractivity contribution in [3.63, 3.8) is 0 Å². The first kappa shape index (κ1) is 19.7. The van der Waals surface area contributed by atoms with Crippen LogP contribution in [0.15, 0.2) is 60.7 Å². The smallest absolute Gasteiger partial charge is 0.159 e. The molecule has 0 amide bonds. The Hall–Kier alpha value is -3.65. The predicted molar refractivity (Wildman–Crippen MR) is 106 cm³/mol. The van der Waals surface area contributed by atoms with Gasteiger partial charge in [-0.15, -0.1) is 0 Å². The van der Waals surface area contributed by atoms with Crippen LogP contribution in [0.4, 0.5) is 22.0 Å². The Bertz CT molecular complexity index is 1340. The van der Waals surface area contributed by atoms with Crippen molar-refractivity contribution in [2.75, 3.05) is 0 Å². The molecule has 30 heavy (non-hydrogen) atoms. The molecule has 0 aliphatic rings. The highest BCUT2D eigenvalue weighted by Gasteiger charge is 2.10. The molecule has 0 atom stereocenters. The molecule has 4 rings (SSSR count). The minimum atomic E-state index is -0.985. The van der Waals surface area contributed by atoms with E-state index in [1.54, 1.807) is 25.1 Å². The molecule has 0 nitrogen and oxygen atoms in total. The van der Waals surface area contributed by atoms with Gasteiger partial charge in [-0.1, -0.05) is 30.0 Å². The van der Waals surface area contributed by atoms with Crippen LogP contribution in [-0.2, 0) is 0 Å². The molecule has 0 aliphatic carbocycles. The van der Waals surface area contributed by atoms with Gasteiger partial charge < -0.3 is 0 Å². The summed E-state index contributed by atoms with van der Waals surface area (Å²) in [4.78, 5) is 0. The van der Waals surface area contributed by atoms with Crippen LogP contribution in [-0.4, -0.2) is 0 Å². The maximum atomic E-state index is 14.7. The molecule has 0 saturated carbocycles. The fourth-order valence-electron chi connectivity index (χ4n) is 3.19. The van der Waals surface area contributed by atoms with Crippen molar-refractivity contribution < 1.29 is 22.0 Å². The van der Waals surface area contributed by atoms with Crippen LogP contribution in [0.5, 0.6) is 0 Å². The number of benzene rings is 4. The summed E-state index contributed by atoms with van der Waals surface area (Å²) >= 11 is 0. The number of hydrogen-bond donors (Lipinski definition) is 0. The fourth-order valence-corrected chi connectivity index (χ4v) is 3.19. The Morgan fingerprint density at radius 3 is 1.90 bits per heavy atom. The van der Waals surface area contributed by atoms with E-state index in [-0.39, 0.29) is 16.7 Å². The lowest BCUT2D eigenvalue weighted by Gasteiger charge is -2.07. The number of fused-ring (bicyclic) bond motifs is 1. The lowest BCUT2D eigenvalue weighted by atomic mass is 9.99. The van der Waals surface area contributed by atoms with Gasteiger partial charge in [0, 0.05) is 11.1 Å². The van der Waals surface area contributed by atoms with Crippen molar-refractivity contribution in [2.24, 2.45) is 0 Å². The number of aryl methyl sites for hydroxylation is 1. The third kappa shape index (κ3) is 3.77. The quantitative estimate of drug-likeness (QED) is 0.237. The number of hydrogen-bond acceptors (Lipinski definition) is 0. The monoisotopic (exact) mass is 408 g/mol. The number of halogens is 5. The summed E-state index contributed by atoms with van der Waals surface area (Å²) in [5.41, 5.74) is 1.00. The van der Waals surface area contributed by atoms with Gasteiger partial charge in [0.05, 0.1) is 5.56 Å². The van der Waals surface area contributed by atoms with Crippen LogP contribution in [0.3, 0.4) is 0 Å². The molecular formula is C25H13F5. The molecule has 4 aromatic carbocycles. The highest BCUT2D eigenvalue weighted by molar-refractivity contribution is 5.87. The van der Waals surface area contributed by atoms with Gasteiger partial charge in [0.15, 0.2) is 11.6 Å². The van der Waals surface area contributed by atoms with Gasteiger partial charge in [-0.3, -0.25) is 0 Å². The van der Waals surface area contributed by atoms with Crippen molar-refractivity contribution in [3.05, 3.63) is 106 Å². The predicted octanol–water partition coefficient (Wildman–Crippen LogP) is 6.91. The second kappa shape index (κ2) is 7.64. The zero-order chi connectivity index (χ0) is 21.4. The summed E-state index contributed by atoms with van der Waals surface area (Å²) in [6.07, 6.45) is 0. The van der Waals surface area contributed by atoms with Crippen LogP contribution in [0.25, 0.3) is 21.9 Å². The van der Waals surface area contributed by atoms with Gasteiger partial charge >= 0.3 is 0 Å². The van der Waals surface area contributed by atoms with Crippen LogP contribution in [0.2, 0.25) is 0 Å². The first-order chi connectivity index (χ1) is 14.3. The summed E-state index contributed by atoms with van der Waals surface area (Å²) in [7, 11) is 0. The van der Waals surface area contributed by atoms with Crippen molar-refractivity contribution in [3.8, 4) is 23.0 Å². The summed E-state index contributed by atoms with van der Waals surface area (Å²) in [6.45, 7) is 1.56. The van der Waals surface area contributed by atoms with Crippen LogP contribution < -0.4 is 0 Å². The molecule has 0 aromatic heterocycles. The summed E-state index contributed by atoms with van der Waals surface area (Å²) in [5.74, 6) is 0.864. The topological polar surface area (TPSA) is 0 Å². The molecule has 4 aromatic rings. The molecule has 0 heterocycles. The zero-order valence-electron chi connectivity index (χ0n) is 15.7. The van der Waals surface area contributed by atoms with E-state index in [2.05, 4.69) is 11.8 Å². The summed E-state index contributed by atoms with van der Waals surface area (Å²) < 4.78 is 69.3. The van der Waals surface area contributed by atoms with E-state index in [1.807, 2.05) is 0 Å². The van der Waals surface area contributed by atoms with Crippen molar-refractivity contribution in [1.82, 2.24) is 0 Å². The molecule has 0 aliphatic heterocycles. The highest BCUT2D eigenvalue weighted by atomic mass is 19.2. The fraction of sp³-hybridized carbons (Fsp3) is 0.0400. The summed E-state index contributed by atoms with van der Waals surface area (Å²) in [6, 6.07) is 13.3. The maximum absolute atomic E-state index is 14.7. The highest BCUT2D eigenvalue weighted by Crippen LogP contribution is 2.28. The average molecular weight is 408 g/mol. The van der Waals surface area contributed by atoms with E-state index >= 15 is 0 Å². The SMILES string of the molecule is Cc1cc(F)c(C#Cc2ccc(-c3ccc4cc(F)c(F)cc4c3)c(F)c2)c(F)c1. The van der Waals surface area contributed by atoms with Crippen molar-refractivity contribution >= 4 is 10.8 Å². The van der Waals surface area contributed by atoms with E-state index in [9.17, 15) is 22.0 Å². The first-order valence-corrected chi connectivity index (χ1v) is 8.98. The second-order valence-corrected chi connectivity index (χ2v) is 6.88. The van der Waals surface area contributed by atoms with Crippen LogP contribution in [0, 0.1) is 47.9 Å². The van der Waals surface area contributed by atoms with Gasteiger partial charge in [-0.2, -0.15) is 0 Å². The molecule has 5 heteroatoms. The molecule has 0 N–H and O–H groups in total. The van der Waals surface area contributed by atoms with E-state index in [0.29, 0.717) is 21.9 Å². The minimum Gasteiger partial charge on any atom is -0.206 e. The molecule has 0 unspecified atom stereocenters. The Balaban J connectivity index is 1.70. The standard InChI is InChI=1S/C25H13F5/c1-14-8-21(26)20(22(27)9-14)7-3-15-2-6-19(23(28)10-15)17-5-4-16-12-24(29)25(30)13-18(16)11-17/h2,4-6,8-13H,1H3. The lowest BCUT2D eigenvalue weighted by Crippen LogP contribution is -1.92. The third-order valence-electron chi connectivity index (χ3n) is 4.68. The Labute approximate surface area is 169 Å². The largest absolute Gasteiger partial charge is 0.206 e. The Morgan fingerprint density at radius 2 is 1.23 bits per heavy atom. The van der Waals surface area contributed by atoms with E-state index in [1.165, 1.54) is 24.3 Å². The maximum Gasteiger partial charge on any atom is 0.159 e. The van der Waals surface area contributed by atoms with Crippen molar-refractivity contribution in [1.29, 1.82) is 0 Å². The van der Waals surface area contributed by atoms with Crippen LogP contribution >= 0.6 is 0 Å². The van der Waals surface area contributed by atoms with Crippen LogP contribution in [0.1, 0.15) is 16.7 Å². The molecule has 0 bridgehead atoms. The molecule has 148 valence electrons. The van der Waals surface area contributed by atoms with Gasteiger partial charge in [0.2, 0.25) is 0 Å². The molecule has 0 radical (unpaired) electrons. The normalized spacial score (nSPS) is 10.7. The molecule has 0 saturated heterocycles. The van der Waals surface area contributed by atoms with Gasteiger partial charge in [-0.25, -0.2) is 22.0 Å². The Kier molecular flexibility index (Phi) is 5.01. The minimum absolute atomic E-state index is 0.236. The zero-order valence-corrected chi connectivity index (χ0v) is 15.7. The molecule has 0 fully saturated rings. The van der Waals surface area contributed by atoms with Crippen molar-refractivity contribution in [2.45, 2.75) is 6.92 Å². The van der Waals surface area contributed by atoms with E-state index < -0.39 is 29.1 Å². The first-order valence-electron chi connectivity index (χ1n) is 8.98. The molecular weight excluding hydrogens is 395 g/mol. The van der Waals surface area contributed by atoms with Gasteiger partial charge in [0.1, 0.15) is 17.5 Å². The van der Waals surface area contributed by atoms with Gasteiger partial charge in [-0.05, 0) is 71.3 Å². The second-order valence-electron chi connectivity index (χ2n) is 6.88. The number of rotatable bonds is 1. The third-order valence-corrected chi connectivity index (χ3v) is 4.68. The van der Waals surface area contributed by atoms with E-state index in [0.717, 1.165) is 18.2 Å².